The molecule has 1 amide bonds. The molecule has 3 heterocycles. The first-order valence-corrected chi connectivity index (χ1v) is 11.0. The predicted molar refractivity (Wildman–Crippen MR) is 125 cm³/mol. The number of carbonyl (C=O) groups excluding carboxylic acids is 1. The van der Waals surface area contributed by atoms with E-state index < -0.39 is 5.82 Å². The molecule has 1 saturated heterocycles. The zero-order valence-corrected chi connectivity index (χ0v) is 19.1. The van der Waals surface area contributed by atoms with Crippen molar-refractivity contribution < 1.29 is 18.7 Å². The van der Waals surface area contributed by atoms with Crippen molar-refractivity contribution >= 4 is 17.5 Å². The normalized spacial score (nSPS) is 13.9. The summed E-state index contributed by atoms with van der Waals surface area (Å²) in [5.74, 6) is 0.262. The molecule has 0 spiro atoms. The molecule has 0 saturated carbocycles. The average Bonchev–Trinajstić information content (AvgIpc) is 2.89. The van der Waals surface area contributed by atoms with Gasteiger partial charge >= 0.3 is 0 Å². The van der Waals surface area contributed by atoms with Gasteiger partial charge < -0.3 is 25.4 Å². The first-order chi connectivity index (χ1) is 16.6. The van der Waals surface area contributed by atoms with Crippen LogP contribution in [0.4, 0.5) is 16.0 Å². The second-order valence-electron chi connectivity index (χ2n) is 7.88. The maximum Gasteiger partial charge on any atom is 0.251 e. The minimum Gasteiger partial charge on any atom is -0.494 e. The highest BCUT2D eigenvalue weighted by atomic mass is 19.1. The third kappa shape index (κ3) is 5.57. The highest BCUT2D eigenvalue weighted by Gasteiger charge is 2.17. The van der Waals surface area contributed by atoms with Crippen LogP contribution in [-0.2, 0) is 6.61 Å². The number of piperidine rings is 1. The van der Waals surface area contributed by atoms with Crippen molar-refractivity contribution in [2.75, 3.05) is 32.6 Å². The van der Waals surface area contributed by atoms with Crippen LogP contribution in [0.3, 0.4) is 0 Å². The van der Waals surface area contributed by atoms with E-state index in [9.17, 15) is 9.18 Å². The maximum absolute atomic E-state index is 14.6. The molecule has 9 nitrogen and oxygen atoms in total. The summed E-state index contributed by atoms with van der Waals surface area (Å²) in [4.78, 5) is 25.0. The fraction of sp³-hybridized carbons (Fsp3) is 0.333. The molecule has 2 aromatic heterocycles. The van der Waals surface area contributed by atoms with Crippen LogP contribution in [0.15, 0.2) is 42.9 Å². The first kappa shape index (κ1) is 23.4. The molecule has 178 valence electrons. The van der Waals surface area contributed by atoms with Crippen LogP contribution < -0.4 is 25.4 Å². The molecule has 0 unspecified atom stereocenters. The summed E-state index contributed by atoms with van der Waals surface area (Å²) >= 11 is 0. The van der Waals surface area contributed by atoms with Crippen LogP contribution in [0, 0.1) is 5.82 Å². The van der Waals surface area contributed by atoms with Crippen LogP contribution >= 0.6 is 0 Å². The third-order valence-electron chi connectivity index (χ3n) is 5.65. The number of amides is 1. The standard InChI is InChI=1S/C24H27FN6O3/c1-26-23(32)16-9-17(22(25)21(10-16)33-2)14-34-19-12-29-24(30-13-19)31-18-3-4-20(28-11-18)15-5-7-27-8-6-15/h3-4,9-13,15,27H,5-8,14H2,1-2H3,(H,26,32)(H,29,30,31). The molecule has 1 aliphatic heterocycles. The fourth-order valence-corrected chi connectivity index (χ4v) is 3.77. The van der Waals surface area contributed by atoms with Gasteiger partial charge in [-0.1, -0.05) is 0 Å². The summed E-state index contributed by atoms with van der Waals surface area (Å²) in [6.07, 6.45) is 6.95. The van der Waals surface area contributed by atoms with Crippen LogP contribution in [0.1, 0.15) is 40.4 Å². The Hall–Kier alpha value is -3.79. The molecule has 34 heavy (non-hydrogen) atoms. The average molecular weight is 467 g/mol. The van der Waals surface area contributed by atoms with Crippen molar-refractivity contribution in [3.05, 3.63) is 65.5 Å². The van der Waals surface area contributed by atoms with Crippen LogP contribution in [-0.4, -0.2) is 48.1 Å². The molecule has 3 aromatic rings. The Kier molecular flexibility index (Phi) is 7.48. The lowest BCUT2D eigenvalue weighted by molar-refractivity contribution is 0.0962. The molecule has 0 bridgehead atoms. The Morgan fingerprint density at radius 3 is 2.56 bits per heavy atom. The van der Waals surface area contributed by atoms with E-state index in [4.69, 9.17) is 9.47 Å². The number of methoxy groups -OCH3 is 1. The molecule has 4 rings (SSSR count). The zero-order valence-electron chi connectivity index (χ0n) is 19.1. The SMILES string of the molecule is CNC(=O)c1cc(COc2cnc(Nc3ccc(C4CCNCC4)nc3)nc2)c(F)c(OC)c1. The van der Waals surface area contributed by atoms with Gasteiger partial charge in [0.25, 0.3) is 5.91 Å². The molecule has 10 heteroatoms. The fourth-order valence-electron chi connectivity index (χ4n) is 3.77. The number of halogens is 1. The van der Waals surface area contributed by atoms with E-state index in [2.05, 4.69) is 30.9 Å². The maximum atomic E-state index is 14.6. The van der Waals surface area contributed by atoms with Crippen molar-refractivity contribution in [3.63, 3.8) is 0 Å². The van der Waals surface area contributed by atoms with Crippen molar-refractivity contribution in [2.45, 2.75) is 25.4 Å². The van der Waals surface area contributed by atoms with Gasteiger partial charge in [0.15, 0.2) is 17.3 Å². The summed E-state index contributed by atoms with van der Waals surface area (Å²) in [6.45, 7) is 1.92. The zero-order chi connectivity index (χ0) is 23.9. The van der Waals surface area contributed by atoms with Gasteiger partial charge in [-0.15, -0.1) is 0 Å². The van der Waals surface area contributed by atoms with Crippen LogP contribution in [0.25, 0.3) is 0 Å². The Labute approximate surface area is 197 Å². The van der Waals surface area contributed by atoms with E-state index in [0.717, 1.165) is 37.3 Å². The number of hydrogen-bond donors (Lipinski definition) is 3. The number of nitrogens with one attached hydrogen (secondary N) is 3. The van der Waals surface area contributed by atoms with Gasteiger partial charge in [-0.25, -0.2) is 14.4 Å². The molecule has 0 aliphatic carbocycles. The number of carbonyl (C=O) groups is 1. The third-order valence-corrected chi connectivity index (χ3v) is 5.65. The van der Waals surface area contributed by atoms with Gasteiger partial charge in [0.1, 0.15) is 6.61 Å². The monoisotopic (exact) mass is 466 g/mol. The van der Waals surface area contributed by atoms with E-state index in [1.807, 2.05) is 12.1 Å². The molecule has 1 aromatic carbocycles. The van der Waals surface area contributed by atoms with Gasteiger partial charge in [-0.3, -0.25) is 9.78 Å². The lowest BCUT2D eigenvalue weighted by Crippen LogP contribution is -2.27. The number of pyridine rings is 1. The van der Waals surface area contributed by atoms with E-state index in [0.29, 0.717) is 17.6 Å². The lowest BCUT2D eigenvalue weighted by atomic mass is 9.94. The van der Waals surface area contributed by atoms with E-state index in [-0.39, 0.29) is 29.4 Å². The Morgan fingerprint density at radius 1 is 1.15 bits per heavy atom. The van der Waals surface area contributed by atoms with Gasteiger partial charge in [-0.05, 0) is 50.2 Å². The largest absolute Gasteiger partial charge is 0.494 e. The second kappa shape index (κ2) is 10.9. The van der Waals surface area contributed by atoms with Crippen molar-refractivity contribution in [2.24, 2.45) is 0 Å². The lowest BCUT2D eigenvalue weighted by Gasteiger charge is -2.22. The number of nitrogens with zero attached hydrogens (tertiary/aromatic N) is 3. The van der Waals surface area contributed by atoms with E-state index in [1.165, 1.54) is 38.7 Å². The number of ether oxygens (including phenoxy) is 2. The van der Waals surface area contributed by atoms with E-state index in [1.54, 1.807) is 6.20 Å². The van der Waals surface area contributed by atoms with Crippen molar-refractivity contribution in [1.29, 1.82) is 0 Å². The highest BCUT2D eigenvalue weighted by Crippen LogP contribution is 2.26. The van der Waals surface area contributed by atoms with Gasteiger partial charge in [0, 0.05) is 29.8 Å². The number of anilines is 2. The smallest absolute Gasteiger partial charge is 0.251 e. The minimum absolute atomic E-state index is 0.0321. The Bertz CT molecular complexity index is 1120. The summed E-state index contributed by atoms with van der Waals surface area (Å²) in [7, 11) is 2.84. The summed E-state index contributed by atoms with van der Waals surface area (Å²) in [5.41, 5.74) is 2.34. The molecule has 3 N–H and O–H groups in total. The summed E-state index contributed by atoms with van der Waals surface area (Å²) < 4.78 is 25.3. The summed E-state index contributed by atoms with van der Waals surface area (Å²) in [6, 6.07) is 6.77. The van der Waals surface area contributed by atoms with Crippen molar-refractivity contribution in [3.8, 4) is 11.5 Å². The number of benzene rings is 1. The van der Waals surface area contributed by atoms with Crippen LogP contribution in [0.5, 0.6) is 11.5 Å². The minimum atomic E-state index is -0.588. The van der Waals surface area contributed by atoms with E-state index >= 15 is 0 Å². The first-order valence-electron chi connectivity index (χ1n) is 11.0. The van der Waals surface area contributed by atoms with Crippen molar-refractivity contribution in [1.82, 2.24) is 25.6 Å². The molecule has 1 fully saturated rings. The molecular formula is C24H27FN6O3. The highest BCUT2D eigenvalue weighted by molar-refractivity contribution is 5.94. The molecule has 0 radical (unpaired) electrons. The quantitative estimate of drug-likeness (QED) is 0.464. The van der Waals surface area contributed by atoms with Gasteiger partial charge in [-0.2, -0.15) is 0 Å². The molecule has 0 atom stereocenters. The number of rotatable bonds is 8. The number of hydrogen-bond acceptors (Lipinski definition) is 8. The predicted octanol–water partition coefficient (Wildman–Crippen LogP) is 3.17. The van der Waals surface area contributed by atoms with Gasteiger partial charge in [0.2, 0.25) is 5.95 Å². The second-order valence-corrected chi connectivity index (χ2v) is 7.88. The van der Waals surface area contributed by atoms with Gasteiger partial charge in [0.05, 0.1) is 31.4 Å². The summed E-state index contributed by atoms with van der Waals surface area (Å²) in [5, 5.41) is 8.98. The van der Waals surface area contributed by atoms with Crippen LogP contribution in [0.2, 0.25) is 0 Å². The topological polar surface area (TPSA) is 110 Å². The Balaban J connectivity index is 1.37. The molecule has 1 aliphatic rings. The number of aromatic nitrogens is 3. The molecular weight excluding hydrogens is 439 g/mol. The Morgan fingerprint density at radius 2 is 1.91 bits per heavy atom.